The number of aryl methyl sites for hydroxylation is 1. The molecule has 2 heterocycles. The summed E-state index contributed by atoms with van der Waals surface area (Å²) in [5, 5.41) is 22.2. The number of phenolic OH excluding ortho intramolecular Hbond substituents is 1. The molecule has 0 aliphatic rings. The van der Waals surface area contributed by atoms with E-state index in [9.17, 15) is 19.4 Å². The van der Waals surface area contributed by atoms with E-state index in [4.69, 9.17) is 0 Å². The number of halogens is 1. The fourth-order valence-electron chi connectivity index (χ4n) is 2.67. The van der Waals surface area contributed by atoms with E-state index < -0.39 is 24.0 Å². The molecule has 0 unspecified atom stereocenters. The van der Waals surface area contributed by atoms with E-state index in [1.165, 1.54) is 16.5 Å². The molecule has 1 amide bonds. The summed E-state index contributed by atoms with van der Waals surface area (Å²) in [6.45, 7) is 3.32. The van der Waals surface area contributed by atoms with Gasteiger partial charge in [-0.25, -0.2) is 4.98 Å². The average molecular weight is 343 g/mol. The van der Waals surface area contributed by atoms with Gasteiger partial charge >= 0.3 is 0 Å². The highest BCUT2D eigenvalue weighted by Gasteiger charge is 2.24. The topological polar surface area (TPSA) is 86.9 Å². The molecule has 3 rings (SSSR count). The molecule has 6 nitrogen and oxygen atoms in total. The molecule has 0 spiro atoms. The van der Waals surface area contributed by atoms with Crippen LogP contribution in [0.25, 0.3) is 5.65 Å². The molecule has 0 aliphatic heterocycles. The van der Waals surface area contributed by atoms with Crippen LogP contribution in [0.1, 0.15) is 34.8 Å². The minimum absolute atomic E-state index is 0.0785. The van der Waals surface area contributed by atoms with Gasteiger partial charge in [0.25, 0.3) is 5.91 Å². The summed E-state index contributed by atoms with van der Waals surface area (Å²) in [7, 11) is 0. The predicted octanol–water partition coefficient (Wildman–Crippen LogP) is 2.34. The first kappa shape index (κ1) is 16.9. The molecule has 7 heteroatoms. The van der Waals surface area contributed by atoms with Gasteiger partial charge in [-0.05, 0) is 43.7 Å². The number of imidazole rings is 1. The zero-order valence-electron chi connectivity index (χ0n) is 13.8. The Morgan fingerprint density at radius 3 is 2.56 bits per heavy atom. The van der Waals surface area contributed by atoms with Crippen LogP contribution in [-0.4, -0.2) is 31.5 Å². The number of nitrogens with zero attached hydrogens (tertiary/aromatic N) is 2. The number of amides is 1. The Morgan fingerprint density at radius 2 is 1.92 bits per heavy atom. The molecule has 2 aromatic heterocycles. The highest BCUT2D eigenvalue weighted by Crippen LogP contribution is 2.20. The average Bonchev–Trinajstić information content (AvgIpc) is 2.93. The molecule has 0 aliphatic carbocycles. The Bertz CT molecular complexity index is 921. The zero-order valence-corrected chi connectivity index (χ0v) is 13.8. The van der Waals surface area contributed by atoms with E-state index in [0.717, 1.165) is 0 Å². The molecule has 0 bridgehead atoms. The summed E-state index contributed by atoms with van der Waals surface area (Å²) >= 11 is 0. The Hall–Kier alpha value is -2.93. The number of benzene rings is 1. The monoisotopic (exact) mass is 343 g/mol. The molecule has 0 saturated carbocycles. The van der Waals surface area contributed by atoms with Gasteiger partial charge in [0.05, 0.1) is 12.1 Å². The van der Waals surface area contributed by atoms with Crippen LogP contribution in [0.3, 0.4) is 0 Å². The minimum Gasteiger partial charge on any atom is -0.508 e. The highest BCUT2D eigenvalue weighted by atomic mass is 19.1. The van der Waals surface area contributed by atoms with Gasteiger partial charge in [0.15, 0.2) is 5.69 Å². The van der Waals surface area contributed by atoms with Crippen LogP contribution in [0.5, 0.6) is 5.75 Å². The number of phenols is 1. The number of carbonyl (C=O) groups is 1. The Kier molecular flexibility index (Phi) is 4.41. The number of aromatic hydroxyl groups is 1. The van der Waals surface area contributed by atoms with Gasteiger partial charge in [0, 0.05) is 5.69 Å². The standard InChI is InChI=1S/C18H18FN3O3/c1-10-4-3-5-14-21-15(17(19)22(10)14)18(25)20-11(2)16(24)12-6-8-13(23)9-7-12/h3-9,11,16,23-24H,1-2H3,(H,20,25)/t11-,16-/m0/s1. The van der Waals surface area contributed by atoms with Crippen molar-refractivity contribution >= 4 is 11.6 Å². The number of hydrogen-bond donors (Lipinski definition) is 3. The van der Waals surface area contributed by atoms with E-state index in [2.05, 4.69) is 10.3 Å². The van der Waals surface area contributed by atoms with E-state index in [1.807, 2.05) is 0 Å². The number of aliphatic hydroxyl groups is 1. The number of hydrogen-bond acceptors (Lipinski definition) is 4. The molecule has 130 valence electrons. The molecule has 0 radical (unpaired) electrons. The van der Waals surface area contributed by atoms with E-state index in [1.54, 1.807) is 44.2 Å². The lowest BCUT2D eigenvalue weighted by atomic mass is 10.0. The van der Waals surface area contributed by atoms with Crippen molar-refractivity contribution in [3.8, 4) is 5.75 Å². The summed E-state index contributed by atoms with van der Waals surface area (Å²) < 4.78 is 15.8. The van der Waals surface area contributed by atoms with Gasteiger partial charge < -0.3 is 15.5 Å². The number of rotatable bonds is 4. The van der Waals surface area contributed by atoms with Gasteiger partial charge in [-0.2, -0.15) is 4.39 Å². The van der Waals surface area contributed by atoms with Crippen LogP contribution < -0.4 is 5.32 Å². The lowest BCUT2D eigenvalue weighted by molar-refractivity contribution is 0.0843. The van der Waals surface area contributed by atoms with Crippen molar-refractivity contribution in [3.63, 3.8) is 0 Å². The summed E-state index contributed by atoms with van der Waals surface area (Å²) in [5.74, 6) is -1.36. The van der Waals surface area contributed by atoms with Gasteiger partial charge in [-0.1, -0.05) is 18.2 Å². The van der Waals surface area contributed by atoms with Crippen molar-refractivity contribution in [1.82, 2.24) is 14.7 Å². The molecule has 3 N–H and O–H groups in total. The zero-order chi connectivity index (χ0) is 18.1. The summed E-state index contributed by atoms with van der Waals surface area (Å²) in [4.78, 5) is 16.4. The Balaban J connectivity index is 1.81. The number of carbonyl (C=O) groups excluding carboxylic acids is 1. The molecular weight excluding hydrogens is 325 g/mol. The molecule has 2 atom stereocenters. The lowest BCUT2D eigenvalue weighted by Crippen LogP contribution is -2.37. The summed E-state index contributed by atoms with van der Waals surface area (Å²) in [6, 6.07) is 10.4. The van der Waals surface area contributed by atoms with Crippen molar-refractivity contribution in [2.75, 3.05) is 0 Å². The van der Waals surface area contributed by atoms with Crippen molar-refractivity contribution in [2.24, 2.45) is 0 Å². The third-order valence-electron chi connectivity index (χ3n) is 4.06. The van der Waals surface area contributed by atoms with Crippen molar-refractivity contribution < 1.29 is 19.4 Å². The van der Waals surface area contributed by atoms with Gasteiger partial charge in [-0.3, -0.25) is 9.20 Å². The highest BCUT2D eigenvalue weighted by molar-refractivity contribution is 5.93. The van der Waals surface area contributed by atoms with Crippen molar-refractivity contribution in [3.05, 3.63) is 65.4 Å². The molecule has 25 heavy (non-hydrogen) atoms. The Morgan fingerprint density at radius 1 is 1.24 bits per heavy atom. The summed E-state index contributed by atoms with van der Waals surface area (Å²) in [5.41, 5.74) is 1.17. The van der Waals surface area contributed by atoms with Gasteiger partial charge in [0.1, 0.15) is 11.4 Å². The Labute approximate surface area is 143 Å². The van der Waals surface area contributed by atoms with Crippen LogP contribution >= 0.6 is 0 Å². The smallest absolute Gasteiger partial charge is 0.274 e. The maximum Gasteiger partial charge on any atom is 0.274 e. The number of aromatic nitrogens is 2. The second-order valence-corrected chi connectivity index (χ2v) is 5.91. The van der Waals surface area contributed by atoms with E-state index in [0.29, 0.717) is 16.9 Å². The predicted molar refractivity (Wildman–Crippen MR) is 89.9 cm³/mol. The fraction of sp³-hybridized carbons (Fsp3) is 0.222. The molecular formula is C18H18FN3O3. The first-order valence-electron chi connectivity index (χ1n) is 7.80. The van der Waals surface area contributed by atoms with Crippen LogP contribution in [-0.2, 0) is 0 Å². The number of pyridine rings is 1. The van der Waals surface area contributed by atoms with Gasteiger partial charge in [-0.15, -0.1) is 0 Å². The second kappa shape index (κ2) is 6.52. The quantitative estimate of drug-likeness (QED) is 0.679. The number of nitrogens with one attached hydrogen (secondary N) is 1. The van der Waals surface area contributed by atoms with E-state index in [-0.39, 0.29) is 11.4 Å². The second-order valence-electron chi connectivity index (χ2n) is 5.91. The van der Waals surface area contributed by atoms with Crippen LogP contribution in [0.15, 0.2) is 42.5 Å². The van der Waals surface area contributed by atoms with Crippen LogP contribution in [0.2, 0.25) is 0 Å². The molecule has 0 fully saturated rings. The number of fused-ring (bicyclic) bond motifs is 1. The summed E-state index contributed by atoms with van der Waals surface area (Å²) in [6.07, 6.45) is -1.01. The van der Waals surface area contributed by atoms with Gasteiger partial charge in [0.2, 0.25) is 5.95 Å². The molecule has 0 saturated heterocycles. The normalized spacial score (nSPS) is 13.6. The molecule has 3 aromatic rings. The van der Waals surface area contributed by atoms with Crippen molar-refractivity contribution in [2.45, 2.75) is 26.0 Å². The van der Waals surface area contributed by atoms with E-state index >= 15 is 0 Å². The number of aliphatic hydroxyl groups excluding tert-OH is 1. The maximum absolute atomic E-state index is 14.5. The third-order valence-corrected chi connectivity index (χ3v) is 4.06. The van der Waals surface area contributed by atoms with Crippen molar-refractivity contribution in [1.29, 1.82) is 0 Å². The fourth-order valence-corrected chi connectivity index (χ4v) is 2.67. The van der Waals surface area contributed by atoms with Crippen LogP contribution in [0, 0.1) is 12.9 Å². The first-order valence-corrected chi connectivity index (χ1v) is 7.80. The van der Waals surface area contributed by atoms with Crippen LogP contribution in [0.4, 0.5) is 4.39 Å². The first-order chi connectivity index (χ1) is 11.9. The largest absolute Gasteiger partial charge is 0.508 e. The third kappa shape index (κ3) is 3.18. The molecule has 1 aromatic carbocycles. The SMILES string of the molecule is Cc1cccc2nc(C(=O)N[C@@H](C)[C@H](O)c3ccc(O)cc3)c(F)n12. The lowest BCUT2D eigenvalue weighted by Gasteiger charge is -2.20. The maximum atomic E-state index is 14.5. The minimum atomic E-state index is -1.01.